The number of rotatable bonds is 3. The molecular weight excluding hydrogens is 366 g/mol. The van der Waals surface area contributed by atoms with E-state index >= 15 is 0 Å². The summed E-state index contributed by atoms with van der Waals surface area (Å²) >= 11 is 0. The zero-order valence-electron chi connectivity index (χ0n) is 17.3. The molecule has 1 N–H and O–H groups in total. The number of anilines is 1. The first kappa shape index (κ1) is 19.4. The van der Waals surface area contributed by atoms with Gasteiger partial charge in [-0.25, -0.2) is 9.78 Å². The number of amides is 1. The number of hydrogen-bond donors (Lipinski definition) is 1. The van der Waals surface area contributed by atoms with Crippen molar-refractivity contribution >= 4 is 17.7 Å². The Kier molecular flexibility index (Phi) is 4.81. The Morgan fingerprint density at radius 1 is 1.07 bits per heavy atom. The lowest BCUT2D eigenvalue weighted by atomic mass is 9.87. The van der Waals surface area contributed by atoms with Crippen molar-refractivity contribution in [3.63, 3.8) is 0 Å². The van der Waals surface area contributed by atoms with Gasteiger partial charge >= 0.3 is 5.97 Å². The minimum atomic E-state index is -0.942. The SMILES string of the molecule is CC(=O)N1C[C@H]2CN(c3nc(C)cc(C)c3C(=O)O)C[C@H]2[C@H]1c1ccccc1C. The summed E-state index contributed by atoms with van der Waals surface area (Å²) in [6.45, 7) is 9.55. The molecule has 152 valence electrons. The van der Waals surface area contributed by atoms with E-state index in [9.17, 15) is 14.7 Å². The highest BCUT2D eigenvalue weighted by Gasteiger charge is 2.49. The third-order valence-corrected chi connectivity index (χ3v) is 6.41. The quantitative estimate of drug-likeness (QED) is 0.866. The van der Waals surface area contributed by atoms with E-state index in [4.69, 9.17) is 0 Å². The van der Waals surface area contributed by atoms with Crippen molar-refractivity contribution in [2.75, 3.05) is 24.5 Å². The Morgan fingerprint density at radius 2 is 1.79 bits per heavy atom. The molecule has 1 amide bonds. The van der Waals surface area contributed by atoms with Crippen molar-refractivity contribution < 1.29 is 14.7 Å². The molecule has 2 saturated heterocycles. The van der Waals surface area contributed by atoms with Crippen LogP contribution in [0.5, 0.6) is 0 Å². The second kappa shape index (κ2) is 7.17. The summed E-state index contributed by atoms with van der Waals surface area (Å²) in [5.74, 6) is 0.261. The number of hydrogen-bond acceptors (Lipinski definition) is 4. The van der Waals surface area contributed by atoms with Crippen molar-refractivity contribution in [3.8, 4) is 0 Å². The first-order chi connectivity index (χ1) is 13.8. The van der Waals surface area contributed by atoms with Crippen LogP contribution in [-0.4, -0.2) is 46.5 Å². The van der Waals surface area contributed by atoms with E-state index in [1.54, 1.807) is 6.92 Å². The minimum Gasteiger partial charge on any atom is -0.478 e. The topological polar surface area (TPSA) is 73.7 Å². The Balaban J connectivity index is 1.72. The fourth-order valence-electron chi connectivity index (χ4n) is 5.17. The number of carboxylic acids is 1. The number of aryl methyl sites for hydroxylation is 3. The Morgan fingerprint density at radius 3 is 2.45 bits per heavy atom. The molecule has 1 aromatic heterocycles. The largest absolute Gasteiger partial charge is 0.478 e. The molecule has 3 heterocycles. The first-order valence-corrected chi connectivity index (χ1v) is 10.1. The first-order valence-electron chi connectivity index (χ1n) is 10.1. The summed E-state index contributed by atoms with van der Waals surface area (Å²) in [5.41, 5.74) is 4.20. The van der Waals surface area contributed by atoms with Gasteiger partial charge in [0, 0.05) is 44.1 Å². The van der Waals surface area contributed by atoms with Gasteiger partial charge < -0.3 is 14.9 Å². The van der Waals surface area contributed by atoms with Gasteiger partial charge in [0.25, 0.3) is 0 Å². The van der Waals surface area contributed by atoms with Crippen molar-refractivity contribution in [2.45, 2.75) is 33.7 Å². The summed E-state index contributed by atoms with van der Waals surface area (Å²) in [5, 5.41) is 9.76. The fourth-order valence-corrected chi connectivity index (χ4v) is 5.17. The number of likely N-dealkylation sites (tertiary alicyclic amines) is 1. The van der Waals surface area contributed by atoms with Gasteiger partial charge in [-0.15, -0.1) is 0 Å². The van der Waals surface area contributed by atoms with E-state index in [1.807, 2.05) is 36.9 Å². The predicted octanol–water partition coefficient (Wildman–Crippen LogP) is 3.36. The van der Waals surface area contributed by atoms with E-state index in [-0.39, 0.29) is 23.4 Å². The molecule has 2 fully saturated rings. The summed E-state index contributed by atoms with van der Waals surface area (Å²) < 4.78 is 0. The predicted molar refractivity (Wildman–Crippen MR) is 111 cm³/mol. The molecule has 0 bridgehead atoms. The Bertz CT molecular complexity index is 987. The zero-order chi connectivity index (χ0) is 20.9. The maximum Gasteiger partial charge on any atom is 0.339 e. The third kappa shape index (κ3) is 3.26. The number of aromatic nitrogens is 1. The van der Waals surface area contributed by atoms with Gasteiger partial charge in [0.1, 0.15) is 11.4 Å². The highest BCUT2D eigenvalue weighted by atomic mass is 16.4. The van der Waals surface area contributed by atoms with Gasteiger partial charge in [-0.1, -0.05) is 24.3 Å². The number of pyridine rings is 1. The lowest BCUT2D eigenvalue weighted by molar-refractivity contribution is -0.130. The zero-order valence-corrected chi connectivity index (χ0v) is 17.3. The standard InChI is InChI=1S/C23H27N3O3/c1-13-7-5-6-8-18(13)21-19-12-25(10-17(19)11-26(21)16(4)27)22-20(23(28)29)14(2)9-15(3)24-22/h5-9,17,19,21H,10-12H2,1-4H3,(H,28,29)/t17-,19-,21-/m1/s1. The molecule has 6 heteroatoms. The van der Waals surface area contributed by atoms with Crippen LogP contribution in [0.15, 0.2) is 30.3 Å². The Labute approximate surface area is 171 Å². The molecule has 2 aliphatic rings. The summed E-state index contributed by atoms with van der Waals surface area (Å²) in [4.78, 5) is 33.0. The number of fused-ring (bicyclic) bond motifs is 1. The summed E-state index contributed by atoms with van der Waals surface area (Å²) in [6, 6.07) is 10.1. The van der Waals surface area contributed by atoms with Gasteiger partial charge in [0.05, 0.1) is 6.04 Å². The highest BCUT2D eigenvalue weighted by molar-refractivity contribution is 5.95. The molecule has 6 nitrogen and oxygen atoms in total. The minimum absolute atomic E-state index is 0.0166. The molecule has 3 atom stereocenters. The van der Waals surface area contributed by atoms with Crippen LogP contribution in [-0.2, 0) is 4.79 Å². The van der Waals surface area contributed by atoms with Gasteiger partial charge in [-0.3, -0.25) is 4.79 Å². The highest BCUT2D eigenvalue weighted by Crippen LogP contribution is 2.47. The molecular formula is C23H27N3O3. The monoisotopic (exact) mass is 393 g/mol. The van der Waals surface area contributed by atoms with Crippen molar-refractivity contribution in [1.29, 1.82) is 0 Å². The van der Waals surface area contributed by atoms with Gasteiger partial charge in [-0.2, -0.15) is 0 Å². The molecule has 0 unspecified atom stereocenters. The second-order valence-electron chi connectivity index (χ2n) is 8.39. The van der Waals surface area contributed by atoms with Crippen LogP contribution in [0.3, 0.4) is 0 Å². The van der Waals surface area contributed by atoms with E-state index < -0.39 is 5.97 Å². The maximum atomic E-state index is 12.4. The molecule has 0 radical (unpaired) electrons. The second-order valence-corrected chi connectivity index (χ2v) is 8.39. The van der Waals surface area contributed by atoms with Gasteiger partial charge in [0.2, 0.25) is 5.91 Å². The molecule has 2 aromatic rings. The lowest BCUT2D eigenvalue weighted by Crippen LogP contribution is -2.35. The van der Waals surface area contributed by atoms with Crippen LogP contribution in [0.2, 0.25) is 0 Å². The fraction of sp³-hybridized carbons (Fsp3) is 0.435. The molecule has 1 aromatic carbocycles. The lowest BCUT2D eigenvalue weighted by Gasteiger charge is -2.31. The number of carbonyl (C=O) groups is 2. The molecule has 29 heavy (non-hydrogen) atoms. The maximum absolute atomic E-state index is 12.4. The van der Waals surface area contributed by atoms with E-state index in [0.29, 0.717) is 31.4 Å². The number of carbonyl (C=O) groups excluding carboxylic acids is 1. The van der Waals surface area contributed by atoms with Crippen LogP contribution < -0.4 is 4.90 Å². The average molecular weight is 393 g/mol. The molecule has 0 saturated carbocycles. The van der Waals surface area contributed by atoms with Crippen LogP contribution in [0.1, 0.15) is 45.7 Å². The number of nitrogens with zero attached hydrogens (tertiary/aromatic N) is 3. The molecule has 0 aliphatic carbocycles. The van der Waals surface area contributed by atoms with Gasteiger partial charge in [-0.05, 0) is 43.5 Å². The van der Waals surface area contributed by atoms with Gasteiger partial charge in [0.15, 0.2) is 0 Å². The normalized spacial score (nSPS) is 23.4. The third-order valence-electron chi connectivity index (χ3n) is 6.41. The van der Waals surface area contributed by atoms with Crippen LogP contribution >= 0.6 is 0 Å². The summed E-state index contributed by atoms with van der Waals surface area (Å²) in [6.07, 6.45) is 0. The van der Waals surface area contributed by atoms with Crippen molar-refractivity contribution in [3.05, 3.63) is 58.3 Å². The van der Waals surface area contributed by atoms with Crippen molar-refractivity contribution in [1.82, 2.24) is 9.88 Å². The smallest absolute Gasteiger partial charge is 0.339 e. The van der Waals surface area contributed by atoms with E-state index in [2.05, 4.69) is 28.9 Å². The molecule has 4 rings (SSSR count). The van der Waals surface area contributed by atoms with Crippen LogP contribution in [0, 0.1) is 32.6 Å². The number of benzene rings is 1. The van der Waals surface area contributed by atoms with Crippen LogP contribution in [0.25, 0.3) is 0 Å². The average Bonchev–Trinajstić information content (AvgIpc) is 3.19. The number of aromatic carboxylic acids is 1. The van der Waals surface area contributed by atoms with Crippen molar-refractivity contribution in [2.24, 2.45) is 11.8 Å². The van der Waals surface area contributed by atoms with Crippen LogP contribution in [0.4, 0.5) is 5.82 Å². The summed E-state index contributed by atoms with van der Waals surface area (Å²) in [7, 11) is 0. The molecule has 2 aliphatic heterocycles. The molecule has 0 spiro atoms. The van der Waals surface area contributed by atoms with E-state index in [0.717, 1.165) is 11.3 Å². The Hall–Kier alpha value is -2.89. The van der Waals surface area contributed by atoms with E-state index in [1.165, 1.54) is 11.1 Å². The number of carboxylic acid groups (broad SMARTS) is 1.